The molecule has 2 rings (SSSR count). The molecule has 0 bridgehead atoms. The molecule has 0 radical (unpaired) electrons. The summed E-state index contributed by atoms with van der Waals surface area (Å²) in [7, 11) is 0. The van der Waals surface area contributed by atoms with Crippen LogP contribution in [0.15, 0.2) is 18.2 Å². The van der Waals surface area contributed by atoms with E-state index in [0.29, 0.717) is 11.3 Å². The van der Waals surface area contributed by atoms with Gasteiger partial charge in [0.05, 0.1) is 24.3 Å². The SMILES string of the molecule is CCOC(=O)C[C@@H](C)N1CC(=O)N(C(C)(C)C)c2ccc(I)cc2C1=O. The van der Waals surface area contributed by atoms with E-state index in [0.717, 1.165) is 3.57 Å². The number of amides is 2. The Bertz CT molecular complexity index is 727. The van der Waals surface area contributed by atoms with Gasteiger partial charge in [0.15, 0.2) is 0 Å². The third kappa shape index (κ3) is 4.36. The molecule has 7 heteroatoms. The summed E-state index contributed by atoms with van der Waals surface area (Å²) in [6, 6.07) is 5.06. The minimum atomic E-state index is -0.473. The van der Waals surface area contributed by atoms with Crippen molar-refractivity contribution in [2.24, 2.45) is 0 Å². The van der Waals surface area contributed by atoms with Gasteiger partial charge >= 0.3 is 5.97 Å². The third-order valence-electron chi connectivity index (χ3n) is 4.22. The predicted molar refractivity (Wildman–Crippen MR) is 108 cm³/mol. The zero-order valence-electron chi connectivity index (χ0n) is 15.8. The fourth-order valence-electron chi connectivity index (χ4n) is 3.11. The summed E-state index contributed by atoms with van der Waals surface area (Å²) in [5, 5.41) is 0. The van der Waals surface area contributed by atoms with Crippen LogP contribution in [0, 0.1) is 3.57 Å². The zero-order chi connectivity index (χ0) is 19.6. The zero-order valence-corrected chi connectivity index (χ0v) is 18.0. The summed E-state index contributed by atoms with van der Waals surface area (Å²) >= 11 is 2.15. The van der Waals surface area contributed by atoms with Crippen molar-refractivity contribution in [2.75, 3.05) is 18.1 Å². The summed E-state index contributed by atoms with van der Waals surface area (Å²) in [5.74, 6) is -0.781. The second-order valence-corrected chi connectivity index (χ2v) is 8.60. The van der Waals surface area contributed by atoms with E-state index in [2.05, 4.69) is 22.6 Å². The number of benzene rings is 1. The van der Waals surface area contributed by atoms with Gasteiger partial charge in [-0.25, -0.2) is 0 Å². The van der Waals surface area contributed by atoms with Crippen molar-refractivity contribution in [3.8, 4) is 0 Å². The molecule has 0 N–H and O–H groups in total. The lowest BCUT2D eigenvalue weighted by Gasteiger charge is -2.35. The maximum Gasteiger partial charge on any atom is 0.307 e. The van der Waals surface area contributed by atoms with Crippen LogP contribution in [0.5, 0.6) is 0 Å². The molecule has 1 atom stereocenters. The number of ether oxygens (including phenoxy) is 1. The fraction of sp³-hybridized carbons (Fsp3) is 0.526. The van der Waals surface area contributed by atoms with Crippen LogP contribution in [0.4, 0.5) is 5.69 Å². The van der Waals surface area contributed by atoms with Crippen molar-refractivity contribution < 1.29 is 19.1 Å². The van der Waals surface area contributed by atoms with Crippen LogP contribution in [0.1, 0.15) is 51.4 Å². The molecule has 26 heavy (non-hydrogen) atoms. The molecule has 0 unspecified atom stereocenters. The number of rotatable bonds is 4. The van der Waals surface area contributed by atoms with Crippen molar-refractivity contribution in [3.05, 3.63) is 27.3 Å². The van der Waals surface area contributed by atoms with E-state index in [1.165, 1.54) is 4.90 Å². The number of nitrogens with zero attached hydrogens (tertiary/aromatic N) is 2. The average molecular weight is 472 g/mol. The summed E-state index contributed by atoms with van der Waals surface area (Å²) in [6.07, 6.45) is 0.0572. The molecule has 2 amide bonds. The Balaban J connectivity index is 2.47. The van der Waals surface area contributed by atoms with Gasteiger partial charge in [-0.05, 0) is 75.4 Å². The van der Waals surface area contributed by atoms with Gasteiger partial charge in [-0.2, -0.15) is 0 Å². The topological polar surface area (TPSA) is 66.9 Å². The van der Waals surface area contributed by atoms with Crippen molar-refractivity contribution >= 4 is 46.1 Å². The normalized spacial score (nSPS) is 16.2. The maximum atomic E-state index is 13.2. The van der Waals surface area contributed by atoms with Gasteiger partial charge < -0.3 is 14.5 Å². The monoisotopic (exact) mass is 472 g/mol. The highest BCUT2D eigenvalue weighted by Gasteiger charge is 2.38. The Hall–Kier alpha value is -1.64. The molecule has 0 aromatic heterocycles. The van der Waals surface area contributed by atoms with Gasteiger partial charge in [0.2, 0.25) is 5.91 Å². The first-order valence-corrected chi connectivity index (χ1v) is 9.73. The van der Waals surface area contributed by atoms with Gasteiger partial charge in [0.1, 0.15) is 6.54 Å². The van der Waals surface area contributed by atoms with E-state index in [4.69, 9.17) is 4.74 Å². The van der Waals surface area contributed by atoms with Gasteiger partial charge in [-0.1, -0.05) is 0 Å². The number of carbonyl (C=O) groups excluding carboxylic acids is 3. The largest absolute Gasteiger partial charge is 0.466 e. The van der Waals surface area contributed by atoms with Crippen LogP contribution in [0.2, 0.25) is 0 Å². The number of anilines is 1. The molecule has 0 aliphatic carbocycles. The smallest absolute Gasteiger partial charge is 0.307 e. The van der Waals surface area contributed by atoms with E-state index < -0.39 is 11.6 Å². The van der Waals surface area contributed by atoms with Crippen LogP contribution in [0.3, 0.4) is 0 Å². The molecule has 0 fully saturated rings. The number of hydrogen-bond acceptors (Lipinski definition) is 4. The lowest BCUT2D eigenvalue weighted by molar-refractivity contribution is -0.144. The van der Waals surface area contributed by atoms with E-state index in [9.17, 15) is 14.4 Å². The number of halogens is 1. The van der Waals surface area contributed by atoms with Crippen LogP contribution in [-0.4, -0.2) is 47.4 Å². The summed E-state index contributed by atoms with van der Waals surface area (Å²) in [6.45, 7) is 9.54. The quantitative estimate of drug-likeness (QED) is 0.499. The standard InChI is InChI=1S/C19H25IN2O4/c1-6-26-17(24)9-12(2)21-11-16(23)22(19(3,4)5)15-8-7-13(20)10-14(15)18(21)25/h7-8,10,12H,6,9,11H2,1-5H3/t12-/m1/s1. The van der Waals surface area contributed by atoms with Crippen LogP contribution >= 0.6 is 22.6 Å². The fourth-order valence-corrected chi connectivity index (χ4v) is 3.61. The molecule has 0 spiro atoms. The van der Waals surface area contributed by atoms with E-state index in [-0.39, 0.29) is 37.4 Å². The Morgan fingerprint density at radius 1 is 1.31 bits per heavy atom. The first-order chi connectivity index (χ1) is 12.1. The second-order valence-electron chi connectivity index (χ2n) is 7.35. The molecule has 1 aromatic carbocycles. The highest BCUT2D eigenvalue weighted by molar-refractivity contribution is 14.1. The van der Waals surface area contributed by atoms with Crippen LogP contribution in [-0.2, 0) is 14.3 Å². The average Bonchev–Trinajstić information content (AvgIpc) is 2.62. The minimum absolute atomic E-state index is 0.0572. The molecule has 142 valence electrons. The van der Waals surface area contributed by atoms with Crippen molar-refractivity contribution in [2.45, 2.75) is 52.6 Å². The summed E-state index contributed by atoms with van der Waals surface area (Å²) < 4.78 is 5.90. The van der Waals surface area contributed by atoms with Crippen LogP contribution < -0.4 is 4.90 Å². The number of hydrogen-bond donors (Lipinski definition) is 0. The minimum Gasteiger partial charge on any atom is -0.466 e. The first-order valence-electron chi connectivity index (χ1n) is 8.65. The lowest BCUT2D eigenvalue weighted by atomic mass is 10.0. The second kappa shape index (κ2) is 7.94. The molecular formula is C19H25IN2O4. The van der Waals surface area contributed by atoms with E-state index >= 15 is 0 Å². The Labute approximate surface area is 168 Å². The molecule has 0 saturated carbocycles. The van der Waals surface area contributed by atoms with Crippen LogP contribution in [0.25, 0.3) is 0 Å². The summed E-state index contributed by atoms with van der Waals surface area (Å²) in [5.41, 5.74) is 0.617. The van der Waals surface area contributed by atoms with Crippen molar-refractivity contribution in [1.29, 1.82) is 0 Å². The molecule has 0 saturated heterocycles. The van der Waals surface area contributed by atoms with E-state index in [1.807, 2.05) is 32.9 Å². The molecule has 1 aliphatic heterocycles. The molecule has 6 nitrogen and oxygen atoms in total. The lowest BCUT2D eigenvalue weighted by Crippen LogP contribution is -2.50. The third-order valence-corrected chi connectivity index (χ3v) is 4.89. The van der Waals surface area contributed by atoms with Gasteiger partial charge in [-0.3, -0.25) is 14.4 Å². The number of fused-ring (bicyclic) bond motifs is 1. The molecular weight excluding hydrogens is 447 g/mol. The van der Waals surface area contributed by atoms with Gasteiger partial charge in [-0.15, -0.1) is 0 Å². The molecule has 1 aromatic rings. The number of carbonyl (C=O) groups is 3. The number of esters is 1. The Morgan fingerprint density at radius 2 is 1.96 bits per heavy atom. The van der Waals surface area contributed by atoms with Crippen molar-refractivity contribution in [3.63, 3.8) is 0 Å². The van der Waals surface area contributed by atoms with Crippen molar-refractivity contribution in [1.82, 2.24) is 4.90 Å². The Morgan fingerprint density at radius 3 is 2.54 bits per heavy atom. The predicted octanol–water partition coefficient (Wildman–Crippen LogP) is 3.22. The molecule has 1 heterocycles. The Kier molecular flexibility index (Phi) is 6.31. The maximum absolute atomic E-state index is 13.2. The van der Waals surface area contributed by atoms with Gasteiger partial charge in [0.25, 0.3) is 5.91 Å². The first kappa shape index (κ1) is 20.7. The highest BCUT2D eigenvalue weighted by Crippen LogP contribution is 2.33. The molecule has 1 aliphatic rings. The van der Waals surface area contributed by atoms with Gasteiger partial charge in [0, 0.05) is 15.2 Å². The van der Waals surface area contributed by atoms with E-state index in [1.54, 1.807) is 24.8 Å². The highest BCUT2D eigenvalue weighted by atomic mass is 127. The summed E-state index contributed by atoms with van der Waals surface area (Å²) in [4.78, 5) is 41.2.